The summed E-state index contributed by atoms with van der Waals surface area (Å²) in [4.78, 5) is 4.22. The van der Waals surface area contributed by atoms with E-state index in [-0.39, 0.29) is 0 Å². The van der Waals surface area contributed by atoms with Gasteiger partial charge in [-0.15, -0.1) is 0 Å². The summed E-state index contributed by atoms with van der Waals surface area (Å²) in [7, 11) is 2.00. The number of nitrogens with zero attached hydrogens (tertiary/aromatic N) is 2. The lowest BCUT2D eigenvalue weighted by atomic mass is 10.2. The van der Waals surface area contributed by atoms with Gasteiger partial charge in [0.15, 0.2) is 5.16 Å². The molecule has 3 nitrogen and oxygen atoms in total. The standard InChI is InChI=1S/C9H17N3S/c1-3-4-8(10)7-13-9-11-5-6-12(9)2/h5-6,8H,3-4,7,10H2,1-2H3. The Kier molecular flexibility index (Phi) is 4.32. The molecule has 1 aromatic rings. The zero-order valence-corrected chi connectivity index (χ0v) is 9.05. The molecule has 0 aliphatic carbocycles. The molecule has 0 spiro atoms. The number of aromatic nitrogens is 2. The minimum Gasteiger partial charge on any atom is -0.329 e. The van der Waals surface area contributed by atoms with Crippen molar-refractivity contribution < 1.29 is 0 Å². The van der Waals surface area contributed by atoms with Crippen LogP contribution in [0.5, 0.6) is 0 Å². The van der Waals surface area contributed by atoms with E-state index in [4.69, 9.17) is 5.73 Å². The molecule has 74 valence electrons. The number of rotatable bonds is 5. The molecule has 1 unspecified atom stereocenters. The van der Waals surface area contributed by atoms with Crippen LogP contribution in [0.1, 0.15) is 19.8 Å². The molecule has 13 heavy (non-hydrogen) atoms. The minimum atomic E-state index is 0.298. The molecule has 0 bridgehead atoms. The molecule has 2 N–H and O–H groups in total. The van der Waals surface area contributed by atoms with Gasteiger partial charge in [-0.05, 0) is 6.42 Å². The molecule has 1 heterocycles. The van der Waals surface area contributed by atoms with Crippen LogP contribution in [0.4, 0.5) is 0 Å². The van der Waals surface area contributed by atoms with Crippen LogP contribution in [0.2, 0.25) is 0 Å². The maximum atomic E-state index is 5.89. The highest BCUT2D eigenvalue weighted by Crippen LogP contribution is 2.15. The van der Waals surface area contributed by atoms with Crippen LogP contribution in [-0.4, -0.2) is 21.3 Å². The summed E-state index contributed by atoms with van der Waals surface area (Å²) < 4.78 is 2.02. The van der Waals surface area contributed by atoms with Gasteiger partial charge in [0.2, 0.25) is 0 Å². The average Bonchev–Trinajstić information content (AvgIpc) is 2.48. The number of hydrogen-bond donors (Lipinski definition) is 1. The Morgan fingerprint density at radius 2 is 2.46 bits per heavy atom. The topological polar surface area (TPSA) is 43.8 Å². The van der Waals surface area contributed by atoms with Gasteiger partial charge in [-0.1, -0.05) is 25.1 Å². The molecule has 1 atom stereocenters. The molecule has 4 heteroatoms. The van der Waals surface area contributed by atoms with Crippen LogP contribution in [0.15, 0.2) is 17.6 Å². The molecule has 0 amide bonds. The Hall–Kier alpha value is -0.480. The van der Waals surface area contributed by atoms with Crippen LogP contribution in [0.25, 0.3) is 0 Å². The quantitative estimate of drug-likeness (QED) is 0.733. The Balaban J connectivity index is 2.30. The van der Waals surface area contributed by atoms with Gasteiger partial charge in [0.05, 0.1) is 0 Å². The molecule has 0 saturated heterocycles. The summed E-state index contributed by atoms with van der Waals surface area (Å²) >= 11 is 1.73. The third kappa shape index (κ3) is 3.40. The fourth-order valence-electron chi connectivity index (χ4n) is 1.13. The molecule has 1 aromatic heterocycles. The van der Waals surface area contributed by atoms with Crippen LogP contribution < -0.4 is 5.73 Å². The van der Waals surface area contributed by atoms with E-state index < -0.39 is 0 Å². The minimum absolute atomic E-state index is 0.298. The van der Waals surface area contributed by atoms with E-state index in [9.17, 15) is 0 Å². The first-order valence-corrected chi connectivity index (χ1v) is 5.58. The second kappa shape index (κ2) is 5.29. The van der Waals surface area contributed by atoms with Crippen LogP contribution in [0.3, 0.4) is 0 Å². The zero-order chi connectivity index (χ0) is 9.68. The average molecular weight is 199 g/mol. The molecular formula is C9H17N3S. The monoisotopic (exact) mass is 199 g/mol. The highest BCUT2D eigenvalue weighted by atomic mass is 32.2. The highest BCUT2D eigenvalue weighted by molar-refractivity contribution is 7.99. The van der Waals surface area contributed by atoms with Gasteiger partial charge in [-0.2, -0.15) is 0 Å². The van der Waals surface area contributed by atoms with Gasteiger partial charge in [-0.25, -0.2) is 4.98 Å². The summed E-state index contributed by atoms with van der Waals surface area (Å²) in [6.45, 7) is 2.16. The SMILES string of the molecule is CCCC(N)CSc1nccn1C. The smallest absolute Gasteiger partial charge is 0.167 e. The van der Waals surface area contributed by atoms with Crippen molar-refractivity contribution in [3.63, 3.8) is 0 Å². The lowest BCUT2D eigenvalue weighted by Gasteiger charge is -2.08. The summed E-state index contributed by atoms with van der Waals surface area (Å²) in [5.41, 5.74) is 5.89. The maximum absolute atomic E-state index is 5.89. The van der Waals surface area contributed by atoms with Gasteiger partial charge >= 0.3 is 0 Å². The number of aryl methyl sites for hydroxylation is 1. The molecule has 0 aliphatic heterocycles. The van der Waals surface area contributed by atoms with E-state index >= 15 is 0 Å². The molecule has 0 aromatic carbocycles. The van der Waals surface area contributed by atoms with E-state index in [2.05, 4.69) is 11.9 Å². The fourth-order valence-corrected chi connectivity index (χ4v) is 2.06. The molecule has 0 aliphatic rings. The van der Waals surface area contributed by atoms with E-state index in [0.29, 0.717) is 6.04 Å². The van der Waals surface area contributed by atoms with Crippen molar-refractivity contribution in [3.8, 4) is 0 Å². The lowest BCUT2D eigenvalue weighted by Crippen LogP contribution is -2.22. The predicted octanol–water partition coefficient (Wildman–Crippen LogP) is 1.64. The van der Waals surface area contributed by atoms with Crippen molar-refractivity contribution in [1.29, 1.82) is 0 Å². The second-order valence-corrected chi connectivity index (χ2v) is 4.17. The van der Waals surface area contributed by atoms with Crippen LogP contribution >= 0.6 is 11.8 Å². The molecule has 0 radical (unpaired) electrons. The van der Waals surface area contributed by atoms with Gasteiger partial charge in [-0.3, -0.25) is 0 Å². The predicted molar refractivity (Wildman–Crippen MR) is 56.8 cm³/mol. The van der Waals surface area contributed by atoms with Gasteiger partial charge in [0.1, 0.15) is 0 Å². The first-order valence-electron chi connectivity index (χ1n) is 4.59. The Labute approximate surface area is 83.7 Å². The summed E-state index contributed by atoms with van der Waals surface area (Å²) in [6.07, 6.45) is 6.01. The summed E-state index contributed by atoms with van der Waals surface area (Å²) in [5, 5.41) is 1.05. The van der Waals surface area contributed by atoms with Crippen LogP contribution in [0, 0.1) is 0 Å². The van der Waals surface area contributed by atoms with E-state index in [0.717, 1.165) is 23.8 Å². The number of nitrogens with two attached hydrogens (primary N) is 1. The molecule has 0 fully saturated rings. The Bertz CT molecular complexity index is 247. The van der Waals surface area contributed by atoms with E-state index in [1.165, 1.54) is 0 Å². The van der Waals surface area contributed by atoms with Crippen molar-refractivity contribution in [3.05, 3.63) is 12.4 Å². The van der Waals surface area contributed by atoms with Gasteiger partial charge in [0, 0.05) is 31.2 Å². The van der Waals surface area contributed by atoms with Crippen molar-refractivity contribution in [2.24, 2.45) is 12.8 Å². The zero-order valence-electron chi connectivity index (χ0n) is 8.23. The Morgan fingerprint density at radius 1 is 1.69 bits per heavy atom. The lowest BCUT2D eigenvalue weighted by molar-refractivity contribution is 0.658. The number of thioether (sulfide) groups is 1. The Morgan fingerprint density at radius 3 is 3.00 bits per heavy atom. The van der Waals surface area contributed by atoms with Crippen molar-refractivity contribution in [1.82, 2.24) is 9.55 Å². The summed E-state index contributed by atoms with van der Waals surface area (Å²) in [5.74, 6) is 0.957. The second-order valence-electron chi connectivity index (χ2n) is 3.18. The summed E-state index contributed by atoms with van der Waals surface area (Å²) in [6, 6.07) is 0.298. The normalized spacial score (nSPS) is 13.2. The molecule has 0 saturated carbocycles. The molecule has 1 rings (SSSR count). The van der Waals surface area contributed by atoms with E-state index in [1.807, 2.05) is 24.0 Å². The van der Waals surface area contributed by atoms with E-state index in [1.54, 1.807) is 11.8 Å². The van der Waals surface area contributed by atoms with Crippen molar-refractivity contribution in [2.75, 3.05) is 5.75 Å². The van der Waals surface area contributed by atoms with Gasteiger partial charge in [0.25, 0.3) is 0 Å². The fraction of sp³-hybridized carbons (Fsp3) is 0.667. The van der Waals surface area contributed by atoms with Crippen molar-refractivity contribution in [2.45, 2.75) is 31.0 Å². The third-order valence-corrected chi connectivity index (χ3v) is 3.11. The van der Waals surface area contributed by atoms with Crippen molar-refractivity contribution >= 4 is 11.8 Å². The van der Waals surface area contributed by atoms with Gasteiger partial charge < -0.3 is 10.3 Å². The first kappa shape index (κ1) is 10.6. The van der Waals surface area contributed by atoms with Crippen LogP contribution in [-0.2, 0) is 7.05 Å². The number of hydrogen-bond acceptors (Lipinski definition) is 3. The highest BCUT2D eigenvalue weighted by Gasteiger charge is 2.04. The largest absolute Gasteiger partial charge is 0.329 e. The number of imidazole rings is 1. The first-order chi connectivity index (χ1) is 6.24. The third-order valence-electron chi connectivity index (χ3n) is 1.86. The maximum Gasteiger partial charge on any atom is 0.167 e. The molecular weight excluding hydrogens is 182 g/mol.